The number of likely N-dealkylation sites (tertiary alicyclic amines) is 1. The Kier molecular flexibility index (Phi) is 4.39. The van der Waals surface area contributed by atoms with Crippen LogP contribution in [0.3, 0.4) is 0 Å². The predicted octanol–water partition coefficient (Wildman–Crippen LogP) is 1.24. The van der Waals surface area contributed by atoms with Crippen molar-refractivity contribution in [1.82, 2.24) is 10.2 Å². The molecule has 0 aromatic carbocycles. The lowest BCUT2D eigenvalue weighted by Crippen LogP contribution is -2.37. The van der Waals surface area contributed by atoms with Gasteiger partial charge in [-0.05, 0) is 18.9 Å². The Labute approximate surface area is 86.9 Å². The van der Waals surface area contributed by atoms with E-state index in [2.05, 4.69) is 31.0 Å². The Hall–Kier alpha value is -0.570. The Morgan fingerprint density at radius 3 is 2.79 bits per heavy atom. The van der Waals surface area contributed by atoms with E-state index in [9.17, 15) is 4.79 Å². The number of amides is 1. The zero-order valence-corrected chi connectivity index (χ0v) is 9.55. The molecule has 1 aliphatic rings. The highest BCUT2D eigenvalue weighted by Crippen LogP contribution is 2.09. The van der Waals surface area contributed by atoms with Gasteiger partial charge in [-0.1, -0.05) is 20.8 Å². The first kappa shape index (κ1) is 11.5. The van der Waals surface area contributed by atoms with E-state index < -0.39 is 0 Å². The number of nitrogens with zero attached hydrogens (tertiary/aromatic N) is 1. The molecule has 0 saturated carbocycles. The van der Waals surface area contributed by atoms with Crippen LogP contribution in [0.1, 0.15) is 33.6 Å². The summed E-state index contributed by atoms with van der Waals surface area (Å²) < 4.78 is 0. The molecule has 3 nitrogen and oxygen atoms in total. The van der Waals surface area contributed by atoms with Crippen LogP contribution in [-0.2, 0) is 4.79 Å². The van der Waals surface area contributed by atoms with Gasteiger partial charge in [0.15, 0.2) is 0 Å². The maximum Gasteiger partial charge on any atom is 0.220 e. The standard InChI is InChI=1S/C11H22N2O/c1-4-13-6-5-10(8-13)12-11(14)7-9(2)3/h9-10H,4-8H2,1-3H3,(H,12,14). The molecule has 82 valence electrons. The summed E-state index contributed by atoms with van der Waals surface area (Å²) in [5.74, 6) is 0.668. The molecule has 0 bridgehead atoms. The minimum absolute atomic E-state index is 0.211. The van der Waals surface area contributed by atoms with Gasteiger partial charge in [-0.3, -0.25) is 4.79 Å². The molecule has 1 N–H and O–H groups in total. The summed E-state index contributed by atoms with van der Waals surface area (Å²) in [6.07, 6.45) is 1.76. The summed E-state index contributed by atoms with van der Waals surface area (Å²) in [7, 11) is 0. The summed E-state index contributed by atoms with van der Waals surface area (Å²) in [6, 6.07) is 0.390. The van der Waals surface area contributed by atoms with Crippen LogP contribution in [0.2, 0.25) is 0 Å². The van der Waals surface area contributed by atoms with E-state index in [0.717, 1.165) is 26.1 Å². The summed E-state index contributed by atoms with van der Waals surface area (Å²) in [6.45, 7) is 9.57. The van der Waals surface area contributed by atoms with Gasteiger partial charge < -0.3 is 10.2 Å². The topological polar surface area (TPSA) is 32.3 Å². The smallest absolute Gasteiger partial charge is 0.220 e. The van der Waals surface area contributed by atoms with E-state index in [1.165, 1.54) is 0 Å². The van der Waals surface area contributed by atoms with Crippen molar-refractivity contribution in [3.05, 3.63) is 0 Å². The molecule has 0 aromatic rings. The van der Waals surface area contributed by atoms with Crippen molar-refractivity contribution in [3.63, 3.8) is 0 Å². The highest BCUT2D eigenvalue weighted by Gasteiger charge is 2.22. The first-order chi connectivity index (χ1) is 6.61. The molecule has 1 unspecified atom stereocenters. The third-order valence-electron chi connectivity index (χ3n) is 2.68. The van der Waals surface area contributed by atoms with Crippen LogP contribution in [0.15, 0.2) is 0 Å². The maximum absolute atomic E-state index is 11.5. The number of nitrogens with one attached hydrogen (secondary N) is 1. The lowest BCUT2D eigenvalue weighted by Gasteiger charge is -2.15. The Balaban J connectivity index is 2.22. The monoisotopic (exact) mass is 198 g/mol. The zero-order chi connectivity index (χ0) is 10.6. The minimum atomic E-state index is 0.211. The van der Waals surface area contributed by atoms with E-state index in [-0.39, 0.29) is 5.91 Å². The van der Waals surface area contributed by atoms with E-state index in [4.69, 9.17) is 0 Å². The van der Waals surface area contributed by atoms with Crippen molar-refractivity contribution in [2.45, 2.75) is 39.7 Å². The van der Waals surface area contributed by atoms with Crippen molar-refractivity contribution in [1.29, 1.82) is 0 Å². The summed E-state index contributed by atoms with van der Waals surface area (Å²) in [4.78, 5) is 13.9. The molecule has 1 aliphatic heterocycles. The van der Waals surface area contributed by atoms with Gasteiger partial charge in [0.2, 0.25) is 5.91 Å². The van der Waals surface area contributed by atoms with Crippen molar-refractivity contribution in [2.24, 2.45) is 5.92 Å². The fourth-order valence-corrected chi connectivity index (χ4v) is 1.90. The number of carbonyl (C=O) groups is 1. The SMILES string of the molecule is CCN1CCC(NC(=O)CC(C)C)C1. The van der Waals surface area contributed by atoms with Crippen molar-refractivity contribution >= 4 is 5.91 Å². The summed E-state index contributed by atoms with van der Waals surface area (Å²) >= 11 is 0. The van der Waals surface area contributed by atoms with Crippen LogP contribution in [0.4, 0.5) is 0 Å². The van der Waals surface area contributed by atoms with Crippen molar-refractivity contribution < 1.29 is 4.79 Å². The second-order valence-electron chi connectivity index (χ2n) is 4.54. The minimum Gasteiger partial charge on any atom is -0.352 e. The second-order valence-corrected chi connectivity index (χ2v) is 4.54. The number of rotatable bonds is 4. The van der Waals surface area contributed by atoms with Gasteiger partial charge in [0.05, 0.1) is 0 Å². The lowest BCUT2D eigenvalue weighted by atomic mass is 10.1. The highest BCUT2D eigenvalue weighted by molar-refractivity contribution is 5.76. The normalized spacial score (nSPS) is 23.0. The van der Waals surface area contributed by atoms with Gasteiger partial charge in [-0.25, -0.2) is 0 Å². The third-order valence-corrected chi connectivity index (χ3v) is 2.68. The highest BCUT2D eigenvalue weighted by atomic mass is 16.1. The molecule has 1 saturated heterocycles. The van der Waals surface area contributed by atoms with Gasteiger partial charge in [0.1, 0.15) is 0 Å². The second kappa shape index (κ2) is 5.35. The number of hydrogen-bond donors (Lipinski definition) is 1. The predicted molar refractivity (Wildman–Crippen MR) is 58.1 cm³/mol. The summed E-state index contributed by atoms with van der Waals surface area (Å²) in [5, 5.41) is 3.09. The molecule has 1 amide bonds. The van der Waals surface area contributed by atoms with Crippen LogP contribution in [0.25, 0.3) is 0 Å². The molecule has 1 rings (SSSR count). The molecular weight excluding hydrogens is 176 g/mol. The molecule has 0 aromatic heterocycles. The molecule has 1 heterocycles. The van der Waals surface area contributed by atoms with Crippen LogP contribution in [0.5, 0.6) is 0 Å². The average Bonchev–Trinajstić information content (AvgIpc) is 2.50. The van der Waals surface area contributed by atoms with Crippen molar-refractivity contribution in [2.75, 3.05) is 19.6 Å². The van der Waals surface area contributed by atoms with Crippen LogP contribution in [0, 0.1) is 5.92 Å². The largest absolute Gasteiger partial charge is 0.352 e. The number of carbonyl (C=O) groups excluding carboxylic acids is 1. The zero-order valence-electron chi connectivity index (χ0n) is 9.55. The fourth-order valence-electron chi connectivity index (χ4n) is 1.90. The molecule has 14 heavy (non-hydrogen) atoms. The van der Waals surface area contributed by atoms with E-state index >= 15 is 0 Å². The van der Waals surface area contributed by atoms with Gasteiger partial charge in [0, 0.05) is 25.6 Å². The quantitative estimate of drug-likeness (QED) is 0.737. The Morgan fingerprint density at radius 2 is 2.29 bits per heavy atom. The molecule has 1 fully saturated rings. The average molecular weight is 198 g/mol. The molecular formula is C11H22N2O. The molecule has 3 heteroatoms. The van der Waals surface area contributed by atoms with Crippen molar-refractivity contribution in [3.8, 4) is 0 Å². The van der Waals surface area contributed by atoms with Gasteiger partial charge in [-0.2, -0.15) is 0 Å². The molecule has 1 atom stereocenters. The fraction of sp³-hybridized carbons (Fsp3) is 0.909. The van der Waals surface area contributed by atoms with Gasteiger partial charge >= 0.3 is 0 Å². The van der Waals surface area contributed by atoms with Crippen LogP contribution < -0.4 is 5.32 Å². The lowest BCUT2D eigenvalue weighted by molar-refractivity contribution is -0.122. The van der Waals surface area contributed by atoms with Gasteiger partial charge in [-0.15, -0.1) is 0 Å². The first-order valence-electron chi connectivity index (χ1n) is 5.63. The number of likely N-dealkylation sites (N-methyl/N-ethyl adjacent to an activating group) is 1. The van der Waals surface area contributed by atoms with Gasteiger partial charge in [0.25, 0.3) is 0 Å². The number of hydrogen-bond acceptors (Lipinski definition) is 2. The first-order valence-corrected chi connectivity index (χ1v) is 5.63. The van der Waals surface area contributed by atoms with E-state index in [1.807, 2.05) is 0 Å². The summed E-state index contributed by atoms with van der Waals surface area (Å²) in [5.41, 5.74) is 0. The molecule has 0 aliphatic carbocycles. The third kappa shape index (κ3) is 3.66. The maximum atomic E-state index is 11.5. The van der Waals surface area contributed by atoms with E-state index in [0.29, 0.717) is 18.4 Å². The molecule has 0 spiro atoms. The van der Waals surface area contributed by atoms with Crippen LogP contribution in [-0.4, -0.2) is 36.5 Å². The van der Waals surface area contributed by atoms with Crippen LogP contribution >= 0.6 is 0 Å². The Morgan fingerprint density at radius 1 is 1.57 bits per heavy atom. The Bertz CT molecular complexity index is 192. The van der Waals surface area contributed by atoms with E-state index in [1.54, 1.807) is 0 Å². The molecule has 0 radical (unpaired) electrons.